The van der Waals surface area contributed by atoms with Crippen LogP contribution in [0.5, 0.6) is 0 Å². The summed E-state index contributed by atoms with van der Waals surface area (Å²) in [7, 11) is 0. The van der Waals surface area contributed by atoms with E-state index in [9.17, 15) is 0 Å². The van der Waals surface area contributed by atoms with Gasteiger partial charge in [-0.1, -0.05) is 206 Å². The lowest BCUT2D eigenvalue weighted by Gasteiger charge is -2.32. The van der Waals surface area contributed by atoms with E-state index in [1.165, 1.54) is 66.4 Å². The Morgan fingerprint density at radius 2 is 0.821 bits per heavy atom. The molecule has 0 saturated heterocycles. The Morgan fingerprint density at radius 3 is 1.51 bits per heavy atom. The quantitative estimate of drug-likeness (QED) is 0.166. The number of rotatable bonds is 6. The fourth-order valence-corrected chi connectivity index (χ4v) is 11.6. The Morgan fingerprint density at radius 1 is 0.313 bits per heavy atom. The van der Waals surface area contributed by atoms with Crippen LogP contribution in [0.25, 0.3) is 88.3 Å². The molecule has 14 rings (SSSR count). The molecule has 2 aliphatic carbocycles. The van der Waals surface area contributed by atoms with Crippen LogP contribution < -0.4 is 4.90 Å². The molecule has 0 aliphatic heterocycles. The van der Waals surface area contributed by atoms with Gasteiger partial charge in [-0.15, -0.1) is 0 Å². The van der Waals surface area contributed by atoms with Crippen LogP contribution >= 0.6 is 0 Å². The predicted molar refractivity (Wildman–Crippen MR) is 279 cm³/mol. The summed E-state index contributed by atoms with van der Waals surface area (Å²) in [5.41, 5.74) is 21.9. The maximum atomic E-state index is 7.01. The molecule has 67 heavy (non-hydrogen) atoms. The minimum atomic E-state index is -0.471. The molecule has 1 aromatic heterocycles. The van der Waals surface area contributed by atoms with Gasteiger partial charge in [0.25, 0.3) is 0 Å². The standard InChI is InChI=1S/C65H41NO/c1-3-17-42(18-4-1)43-31-33-45(34-32-43)63-50-23-8-7-21-46(50)39-56-55-40-47(36-38-62(55)67-64(56)63)66(61-30-16-12-22-49(61)44-19-5-2-6-20-44)48-35-37-54-53-26-11-15-29-59(53)65(60(54)41-48)57-27-13-9-24-51(57)52-25-10-14-28-58(52)65/h1-41H. The van der Waals surface area contributed by atoms with Gasteiger partial charge >= 0.3 is 0 Å². The highest BCUT2D eigenvalue weighted by Crippen LogP contribution is 2.63. The summed E-state index contributed by atoms with van der Waals surface area (Å²) < 4.78 is 7.01. The minimum absolute atomic E-state index is 0.471. The van der Waals surface area contributed by atoms with Crippen molar-refractivity contribution < 1.29 is 4.42 Å². The maximum Gasteiger partial charge on any atom is 0.143 e. The van der Waals surface area contributed by atoms with Gasteiger partial charge in [-0.05, 0) is 120 Å². The van der Waals surface area contributed by atoms with E-state index < -0.39 is 5.41 Å². The minimum Gasteiger partial charge on any atom is -0.455 e. The van der Waals surface area contributed by atoms with Crippen LogP contribution in [0.1, 0.15) is 22.3 Å². The van der Waals surface area contributed by atoms with Crippen molar-refractivity contribution in [2.75, 3.05) is 4.90 Å². The van der Waals surface area contributed by atoms with Gasteiger partial charge in [0.15, 0.2) is 0 Å². The van der Waals surface area contributed by atoms with Gasteiger partial charge in [0.1, 0.15) is 11.2 Å². The van der Waals surface area contributed by atoms with Crippen LogP contribution in [-0.2, 0) is 5.41 Å². The van der Waals surface area contributed by atoms with Crippen molar-refractivity contribution in [1.29, 1.82) is 0 Å². The number of furan rings is 1. The van der Waals surface area contributed by atoms with Gasteiger partial charge in [0.2, 0.25) is 0 Å². The molecule has 2 heteroatoms. The van der Waals surface area contributed by atoms with Crippen molar-refractivity contribution in [2.45, 2.75) is 5.41 Å². The summed E-state index contributed by atoms with van der Waals surface area (Å²) in [6.45, 7) is 0. The first-order chi connectivity index (χ1) is 33.2. The van der Waals surface area contributed by atoms with Crippen molar-refractivity contribution in [1.82, 2.24) is 0 Å². The van der Waals surface area contributed by atoms with Gasteiger partial charge in [-0.3, -0.25) is 0 Å². The largest absolute Gasteiger partial charge is 0.455 e. The highest BCUT2D eigenvalue weighted by molar-refractivity contribution is 6.19. The first-order valence-electron chi connectivity index (χ1n) is 23.2. The number of anilines is 3. The van der Waals surface area contributed by atoms with Crippen LogP contribution in [-0.4, -0.2) is 0 Å². The fraction of sp³-hybridized carbons (Fsp3) is 0.0154. The summed E-state index contributed by atoms with van der Waals surface area (Å²) in [6, 6.07) is 91.2. The third kappa shape index (κ3) is 5.51. The molecule has 0 atom stereocenters. The van der Waals surface area contributed by atoms with Gasteiger partial charge in [-0.25, -0.2) is 0 Å². The molecule has 1 spiro atoms. The Hall–Kier alpha value is -8.72. The van der Waals surface area contributed by atoms with E-state index in [0.717, 1.165) is 61.3 Å². The zero-order chi connectivity index (χ0) is 44.1. The molecule has 0 unspecified atom stereocenters. The lowest BCUT2D eigenvalue weighted by Crippen LogP contribution is -2.26. The summed E-state index contributed by atoms with van der Waals surface area (Å²) in [5, 5.41) is 4.52. The highest BCUT2D eigenvalue weighted by Gasteiger charge is 2.51. The molecule has 0 N–H and O–H groups in total. The Labute approximate surface area is 389 Å². The second-order valence-corrected chi connectivity index (χ2v) is 17.9. The van der Waals surface area contributed by atoms with E-state index in [-0.39, 0.29) is 0 Å². The van der Waals surface area contributed by atoms with E-state index in [0.29, 0.717) is 0 Å². The third-order valence-corrected chi connectivity index (χ3v) is 14.5. The monoisotopic (exact) mass is 851 g/mol. The number of hydrogen-bond acceptors (Lipinski definition) is 2. The van der Waals surface area contributed by atoms with E-state index in [1.54, 1.807) is 0 Å². The van der Waals surface area contributed by atoms with Crippen molar-refractivity contribution in [3.05, 3.63) is 271 Å². The second-order valence-electron chi connectivity index (χ2n) is 17.9. The van der Waals surface area contributed by atoms with Crippen LogP contribution in [0, 0.1) is 0 Å². The Balaban J connectivity index is 1.01. The molecular weight excluding hydrogens is 811 g/mol. The van der Waals surface area contributed by atoms with Gasteiger partial charge < -0.3 is 9.32 Å². The molecule has 0 fully saturated rings. The van der Waals surface area contributed by atoms with E-state index in [1.807, 2.05) is 0 Å². The Bertz CT molecular complexity index is 3860. The number of hydrogen-bond donors (Lipinski definition) is 0. The average Bonchev–Trinajstić information content (AvgIpc) is 4.02. The summed E-state index contributed by atoms with van der Waals surface area (Å²) >= 11 is 0. The Kier molecular flexibility index (Phi) is 8.23. The molecule has 0 amide bonds. The van der Waals surface area contributed by atoms with Crippen LogP contribution in [0.15, 0.2) is 253 Å². The van der Waals surface area contributed by atoms with E-state index in [2.05, 4.69) is 254 Å². The number of fused-ring (bicyclic) bond motifs is 14. The molecule has 0 radical (unpaired) electrons. The molecule has 12 aromatic rings. The molecule has 312 valence electrons. The van der Waals surface area contributed by atoms with Gasteiger partial charge in [-0.2, -0.15) is 0 Å². The lowest BCUT2D eigenvalue weighted by molar-refractivity contribution is 0.670. The van der Waals surface area contributed by atoms with Crippen molar-refractivity contribution >= 4 is 49.8 Å². The first-order valence-corrected chi connectivity index (χ1v) is 23.2. The highest BCUT2D eigenvalue weighted by atomic mass is 16.3. The second kappa shape index (κ2) is 14.7. The average molecular weight is 852 g/mol. The SMILES string of the molecule is c1ccc(-c2ccc(-c3c4ccccc4cc4c3oc3ccc(N(c5ccc6c(c5)C5(c7ccccc7-c7ccccc75)c5ccccc5-6)c5ccccc5-c5ccccc5)cc34)cc2)cc1. The van der Waals surface area contributed by atoms with Crippen LogP contribution in [0.2, 0.25) is 0 Å². The first kappa shape index (κ1) is 37.6. The predicted octanol–water partition coefficient (Wildman–Crippen LogP) is 17.6. The van der Waals surface area contributed by atoms with Gasteiger partial charge in [0, 0.05) is 33.3 Å². The molecule has 2 nitrogen and oxygen atoms in total. The van der Waals surface area contributed by atoms with Crippen molar-refractivity contribution in [3.63, 3.8) is 0 Å². The zero-order valence-electron chi connectivity index (χ0n) is 36.5. The number of benzene rings is 11. The van der Waals surface area contributed by atoms with Crippen molar-refractivity contribution in [3.8, 4) is 55.6 Å². The van der Waals surface area contributed by atoms with Gasteiger partial charge in [0.05, 0.1) is 11.1 Å². The maximum absolute atomic E-state index is 7.01. The van der Waals surface area contributed by atoms with Crippen molar-refractivity contribution in [2.24, 2.45) is 0 Å². The topological polar surface area (TPSA) is 16.4 Å². The molecule has 11 aromatic carbocycles. The van der Waals surface area contributed by atoms with E-state index in [4.69, 9.17) is 4.42 Å². The molecule has 0 bridgehead atoms. The summed E-state index contributed by atoms with van der Waals surface area (Å²) in [4.78, 5) is 2.47. The summed E-state index contributed by atoms with van der Waals surface area (Å²) in [5.74, 6) is 0. The lowest BCUT2D eigenvalue weighted by atomic mass is 9.70. The molecular formula is C65H41NO. The normalized spacial score (nSPS) is 12.9. The molecule has 1 heterocycles. The number of nitrogens with zero attached hydrogens (tertiary/aromatic N) is 1. The van der Waals surface area contributed by atoms with Crippen LogP contribution in [0.3, 0.4) is 0 Å². The zero-order valence-corrected chi connectivity index (χ0v) is 36.5. The molecule has 2 aliphatic rings. The fourth-order valence-electron chi connectivity index (χ4n) is 11.6. The van der Waals surface area contributed by atoms with Crippen LogP contribution in [0.4, 0.5) is 17.1 Å². The third-order valence-electron chi connectivity index (χ3n) is 14.5. The summed E-state index contributed by atoms with van der Waals surface area (Å²) in [6.07, 6.45) is 0. The smallest absolute Gasteiger partial charge is 0.143 e. The number of para-hydroxylation sites is 1. The van der Waals surface area contributed by atoms with E-state index >= 15 is 0 Å². The molecule has 0 saturated carbocycles.